The number of hydrogen-bond donors (Lipinski definition) is 1. The maximum Gasteiger partial charge on any atom is 0.123 e. The molecule has 1 atom stereocenters. The lowest BCUT2D eigenvalue weighted by Crippen LogP contribution is -2.28. The Morgan fingerprint density at radius 1 is 1.22 bits per heavy atom. The van der Waals surface area contributed by atoms with Gasteiger partial charge in [0.25, 0.3) is 0 Å². The highest BCUT2D eigenvalue weighted by Gasteiger charge is 2.11. The number of benzene rings is 1. The second-order valence-electron chi connectivity index (χ2n) is 4.80. The first-order valence-corrected chi connectivity index (χ1v) is 7.85. The molecule has 102 valence electrons. The summed E-state index contributed by atoms with van der Waals surface area (Å²) in [5.74, 6) is 2.65. The summed E-state index contributed by atoms with van der Waals surface area (Å²) in [7, 11) is 0. The van der Waals surface area contributed by atoms with Crippen molar-refractivity contribution in [3.63, 3.8) is 0 Å². The second-order valence-corrected chi connectivity index (χ2v) is 6.19. The SMILES string of the molecule is CCSCCC(CNC(C)C)c1ccc(F)cc1. The van der Waals surface area contributed by atoms with E-state index in [0.717, 1.165) is 24.5 Å². The molecule has 1 unspecified atom stereocenters. The average molecular weight is 269 g/mol. The first kappa shape index (κ1) is 15.5. The van der Waals surface area contributed by atoms with Crippen LogP contribution in [-0.4, -0.2) is 24.1 Å². The predicted molar refractivity (Wildman–Crippen MR) is 79.9 cm³/mol. The minimum absolute atomic E-state index is 0.155. The first-order chi connectivity index (χ1) is 8.63. The lowest BCUT2D eigenvalue weighted by atomic mass is 9.96. The molecule has 1 nitrogen and oxygen atoms in total. The van der Waals surface area contributed by atoms with Crippen LogP contribution < -0.4 is 5.32 Å². The molecule has 1 aromatic rings. The van der Waals surface area contributed by atoms with Crippen LogP contribution in [0.2, 0.25) is 0 Å². The molecule has 0 aromatic heterocycles. The van der Waals surface area contributed by atoms with Gasteiger partial charge < -0.3 is 5.32 Å². The second kappa shape index (κ2) is 8.54. The molecule has 0 fully saturated rings. The molecule has 0 aliphatic carbocycles. The number of thioether (sulfide) groups is 1. The minimum Gasteiger partial charge on any atom is -0.314 e. The van der Waals surface area contributed by atoms with Gasteiger partial charge in [-0.1, -0.05) is 32.9 Å². The van der Waals surface area contributed by atoms with E-state index in [0.29, 0.717) is 12.0 Å². The molecule has 0 saturated heterocycles. The van der Waals surface area contributed by atoms with Gasteiger partial charge in [0.05, 0.1) is 0 Å². The summed E-state index contributed by atoms with van der Waals surface area (Å²) in [4.78, 5) is 0. The molecule has 0 amide bonds. The Bertz CT molecular complexity index is 324. The molecule has 1 N–H and O–H groups in total. The molecular weight excluding hydrogens is 245 g/mol. The van der Waals surface area contributed by atoms with Crippen LogP contribution in [0.5, 0.6) is 0 Å². The maximum atomic E-state index is 13.0. The molecule has 0 aliphatic rings. The molecular formula is C15H24FNS. The number of hydrogen-bond acceptors (Lipinski definition) is 2. The fourth-order valence-corrected chi connectivity index (χ4v) is 2.61. The van der Waals surface area contributed by atoms with E-state index in [4.69, 9.17) is 0 Å². The fourth-order valence-electron chi connectivity index (χ4n) is 1.87. The largest absolute Gasteiger partial charge is 0.314 e. The van der Waals surface area contributed by atoms with Crippen molar-refractivity contribution >= 4 is 11.8 Å². The molecule has 0 saturated carbocycles. The summed E-state index contributed by atoms with van der Waals surface area (Å²) in [6.07, 6.45) is 1.14. The van der Waals surface area contributed by atoms with Gasteiger partial charge >= 0.3 is 0 Å². The van der Waals surface area contributed by atoms with Crippen molar-refractivity contribution in [3.05, 3.63) is 35.6 Å². The van der Waals surface area contributed by atoms with Gasteiger partial charge in [-0.05, 0) is 41.5 Å². The van der Waals surface area contributed by atoms with Crippen molar-refractivity contribution < 1.29 is 4.39 Å². The molecule has 18 heavy (non-hydrogen) atoms. The molecule has 1 rings (SSSR count). The normalized spacial score (nSPS) is 12.9. The third-order valence-electron chi connectivity index (χ3n) is 2.93. The van der Waals surface area contributed by atoms with E-state index < -0.39 is 0 Å². The smallest absolute Gasteiger partial charge is 0.123 e. The highest BCUT2D eigenvalue weighted by molar-refractivity contribution is 7.99. The van der Waals surface area contributed by atoms with Gasteiger partial charge in [-0.15, -0.1) is 0 Å². The average Bonchev–Trinajstić information content (AvgIpc) is 2.34. The summed E-state index contributed by atoms with van der Waals surface area (Å²) in [6, 6.07) is 7.44. The van der Waals surface area contributed by atoms with Crippen molar-refractivity contribution in [3.8, 4) is 0 Å². The van der Waals surface area contributed by atoms with Crippen LogP contribution >= 0.6 is 11.8 Å². The quantitative estimate of drug-likeness (QED) is 0.715. The summed E-state index contributed by atoms with van der Waals surface area (Å²) in [6.45, 7) is 7.46. The van der Waals surface area contributed by atoms with Crippen molar-refractivity contribution in [1.82, 2.24) is 5.32 Å². The molecule has 1 aromatic carbocycles. The summed E-state index contributed by atoms with van der Waals surface area (Å²) in [5, 5.41) is 3.48. The van der Waals surface area contributed by atoms with Gasteiger partial charge in [-0.2, -0.15) is 11.8 Å². The Hall–Kier alpha value is -0.540. The maximum absolute atomic E-state index is 13.0. The van der Waals surface area contributed by atoms with Gasteiger partial charge in [0.15, 0.2) is 0 Å². The Kier molecular flexibility index (Phi) is 7.36. The minimum atomic E-state index is -0.155. The Morgan fingerprint density at radius 2 is 1.89 bits per heavy atom. The molecule has 0 heterocycles. The van der Waals surface area contributed by atoms with E-state index in [-0.39, 0.29) is 5.82 Å². The van der Waals surface area contributed by atoms with Crippen LogP contribution in [-0.2, 0) is 0 Å². The van der Waals surface area contributed by atoms with Crippen LogP contribution in [0.1, 0.15) is 38.7 Å². The zero-order chi connectivity index (χ0) is 13.4. The van der Waals surface area contributed by atoms with Gasteiger partial charge in [0.2, 0.25) is 0 Å². The van der Waals surface area contributed by atoms with Crippen LogP contribution in [0.3, 0.4) is 0 Å². The molecule has 0 radical (unpaired) electrons. The topological polar surface area (TPSA) is 12.0 Å². The van der Waals surface area contributed by atoms with Crippen LogP contribution in [0.4, 0.5) is 4.39 Å². The monoisotopic (exact) mass is 269 g/mol. The van der Waals surface area contributed by atoms with Crippen LogP contribution in [0, 0.1) is 5.82 Å². The lowest BCUT2D eigenvalue weighted by molar-refractivity contribution is 0.521. The standard InChI is InChI=1S/C15H24FNS/c1-4-18-10-9-14(11-17-12(2)3)13-5-7-15(16)8-6-13/h5-8,12,14,17H,4,9-11H2,1-3H3. The van der Waals surface area contributed by atoms with Crippen molar-refractivity contribution in [2.45, 2.75) is 39.2 Å². The predicted octanol–water partition coefficient (Wildman–Crippen LogP) is 4.05. The van der Waals surface area contributed by atoms with Crippen LogP contribution in [0.25, 0.3) is 0 Å². The van der Waals surface area contributed by atoms with E-state index in [9.17, 15) is 4.39 Å². The summed E-state index contributed by atoms with van der Waals surface area (Å²) in [5.41, 5.74) is 1.24. The molecule has 0 spiro atoms. The highest BCUT2D eigenvalue weighted by Crippen LogP contribution is 2.21. The number of rotatable bonds is 8. The van der Waals surface area contributed by atoms with Gasteiger partial charge in [0, 0.05) is 12.6 Å². The van der Waals surface area contributed by atoms with Crippen molar-refractivity contribution in [2.75, 3.05) is 18.1 Å². The third kappa shape index (κ3) is 5.87. The Morgan fingerprint density at radius 3 is 2.44 bits per heavy atom. The van der Waals surface area contributed by atoms with Gasteiger partial charge in [-0.3, -0.25) is 0 Å². The molecule has 3 heteroatoms. The number of nitrogens with one attached hydrogen (secondary N) is 1. The zero-order valence-corrected chi connectivity index (χ0v) is 12.4. The van der Waals surface area contributed by atoms with E-state index >= 15 is 0 Å². The zero-order valence-electron chi connectivity index (χ0n) is 11.6. The molecule has 0 aliphatic heterocycles. The van der Waals surface area contributed by atoms with Crippen molar-refractivity contribution in [1.29, 1.82) is 0 Å². The van der Waals surface area contributed by atoms with E-state index in [1.165, 1.54) is 5.56 Å². The lowest BCUT2D eigenvalue weighted by Gasteiger charge is -2.19. The van der Waals surface area contributed by atoms with Gasteiger partial charge in [0.1, 0.15) is 5.82 Å². The Balaban J connectivity index is 2.60. The fraction of sp³-hybridized carbons (Fsp3) is 0.600. The van der Waals surface area contributed by atoms with Gasteiger partial charge in [-0.25, -0.2) is 4.39 Å². The van der Waals surface area contributed by atoms with Crippen molar-refractivity contribution in [2.24, 2.45) is 0 Å². The Labute approximate surface area is 115 Å². The first-order valence-electron chi connectivity index (χ1n) is 6.70. The van der Waals surface area contributed by atoms with E-state index in [1.54, 1.807) is 12.1 Å². The summed E-state index contributed by atoms with van der Waals surface area (Å²) < 4.78 is 13.0. The number of halogens is 1. The van der Waals surface area contributed by atoms with Crippen LogP contribution in [0.15, 0.2) is 24.3 Å². The summed E-state index contributed by atoms with van der Waals surface area (Å²) >= 11 is 1.97. The highest BCUT2D eigenvalue weighted by atomic mass is 32.2. The van der Waals surface area contributed by atoms with E-state index in [2.05, 4.69) is 26.1 Å². The molecule has 0 bridgehead atoms. The third-order valence-corrected chi connectivity index (χ3v) is 3.86. The van der Waals surface area contributed by atoms with E-state index in [1.807, 2.05) is 23.9 Å².